The van der Waals surface area contributed by atoms with E-state index in [1.165, 1.54) is 18.3 Å². The average molecular weight is 576 g/mol. The summed E-state index contributed by atoms with van der Waals surface area (Å²) in [5.74, 6) is -2.17. The van der Waals surface area contributed by atoms with Gasteiger partial charge in [-0.25, -0.2) is 14.4 Å². The molecule has 10 nitrogen and oxygen atoms in total. The summed E-state index contributed by atoms with van der Waals surface area (Å²) in [6.07, 6.45) is -1.22. The van der Waals surface area contributed by atoms with Crippen molar-refractivity contribution in [2.24, 2.45) is 0 Å². The maximum absolute atomic E-state index is 14.1. The molecule has 2 atom stereocenters. The Hall–Kier alpha value is -4.61. The van der Waals surface area contributed by atoms with E-state index in [2.05, 4.69) is 15.3 Å². The zero-order valence-corrected chi connectivity index (χ0v) is 23.4. The minimum Gasteiger partial charge on any atom is -0.481 e. The number of aliphatic carboxylic acids is 1. The molecule has 0 spiro atoms. The third kappa shape index (κ3) is 7.17. The number of nitrogens with zero attached hydrogens (tertiary/aromatic N) is 3. The third-order valence-electron chi connectivity index (χ3n) is 6.80. The van der Waals surface area contributed by atoms with Crippen molar-refractivity contribution in [3.8, 4) is 22.5 Å². The van der Waals surface area contributed by atoms with E-state index in [0.717, 1.165) is 0 Å². The number of aliphatic hydroxyl groups is 2. The summed E-state index contributed by atoms with van der Waals surface area (Å²) in [6, 6.07) is 16.5. The van der Waals surface area contributed by atoms with Gasteiger partial charge in [0.25, 0.3) is 5.91 Å². The Labute approximate surface area is 242 Å². The number of halogens is 1. The quantitative estimate of drug-likeness (QED) is 0.162. The largest absolute Gasteiger partial charge is 0.481 e. The normalized spacial score (nSPS) is 12.7. The molecule has 11 heteroatoms. The maximum atomic E-state index is 14.1. The second-order valence-corrected chi connectivity index (χ2v) is 10.3. The van der Waals surface area contributed by atoms with Crippen molar-refractivity contribution in [1.82, 2.24) is 14.5 Å². The zero-order chi connectivity index (χ0) is 30.4. The molecule has 1 amide bonds. The highest BCUT2D eigenvalue weighted by molar-refractivity contribution is 6.12. The van der Waals surface area contributed by atoms with Crippen molar-refractivity contribution in [2.45, 2.75) is 57.8 Å². The smallest absolute Gasteiger partial charge is 0.305 e. The molecule has 0 saturated heterocycles. The van der Waals surface area contributed by atoms with Crippen molar-refractivity contribution < 1.29 is 29.3 Å². The highest BCUT2D eigenvalue weighted by atomic mass is 19.1. The van der Waals surface area contributed by atoms with E-state index in [4.69, 9.17) is 10.8 Å². The summed E-state index contributed by atoms with van der Waals surface area (Å²) in [5, 5.41) is 32.7. The molecule has 0 bridgehead atoms. The lowest BCUT2D eigenvalue weighted by molar-refractivity contribution is -0.139. The van der Waals surface area contributed by atoms with Crippen LogP contribution in [-0.4, -0.2) is 53.9 Å². The Morgan fingerprint density at radius 3 is 2.33 bits per heavy atom. The van der Waals surface area contributed by atoms with E-state index in [-0.39, 0.29) is 31.3 Å². The number of carbonyl (C=O) groups excluding carboxylic acids is 1. The van der Waals surface area contributed by atoms with Crippen molar-refractivity contribution in [1.29, 1.82) is 0 Å². The number of anilines is 2. The molecule has 0 radical (unpaired) electrons. The predicted molar refractivity (Wildman–Crippen MR) is 157 cm³/mol. The summed E-state index contributed by atoms with van der Waals surface area (Å²) in [4.78, 5) is 33.5. The molecule has 42 heavy (non-hydrogen) atoms. The first-order valence-corrected chi connectivity index (χ1v) is 13.6. The van der Waals surface area contributed by atoms with Crippen LogP contribution in [0.15, 0.2) is 66.9 Å². The first-order chi connectivity index (χ1) is 20.0. The Morgan fingerprint density at radius 2 is 1.71 bits per heavy atom. The molecule has 4 rings (SSSR count). The molecule has 2 aromatic heterocycles. The van der Waals surface area contributed by atoms with Gasteiger partial charge >= 0.3 is 5.97 Å². The molecule has 2 heterocycles. The number of benzene rings is 2. The topological polar surface area (TPSA) is 164 Å². The molecule has 220 valence electrons. The number of hydrogen-bond acceptors (Lipinski definition) is 7. The molecular weight excluding hydrogens is 541 g/mol. The van der Waals surface area contributed by atoms with E-state index < -0.39 is 36.3 Å². The number of carboxylic acids is 1. The molecule has 0 fully saturated rings. The number of amides is 1. The number of carbonyl (C=O) groups is 2. The number of carboxylic acid groups (broad SMARTS) is 1. The van der Waals surface area contributed by atoms with Crippen LogP contribution in [0.25, 0.3) is 22.5 Å². The lowest BCUT2D eigenvalue weighted by Crippen LogP contribution is -2.22. The molecule has 0 saturated carbocycles. The van der Waals surface area contributed by atoms with Crippen LogP contribution >= 0.6 is 0 Å². The highest BCUT2D eigenvalue weighted by Gasteiger charge is 2.31. The molecule has 0 aliphatic rings. The van der Waals surface area contributed by atoms with Gasteiger partial charge in [-0.2, -0.15) is 0 Å². The second kappa shape index (κ2) is 13.4. The number of aliphatic hydroxyl groups excluding tert-OH is 2. The first kappa shape index (κ1) is 30.4. The number of nitrogens with one attached hydrogen (secondary N) is 1. The number of nitrogens with two attached hydrogens (primary N) is 1. The molecular formula is C31H34FN5O5. The highest BCUT2D eigenvalue weighted by Crippen LogP contribution is 2.42. The van der Waals surface area contributed by atoms with E-state index in [1.54, 1.807) is 42.5 Å². The van der Waals surface area contributed by atoms with Crippen LogP contribution in [0.5, 0.6) is 0 Å². The average Bonchev–Trinajstić information content (AvgIpc) is 3.28. The van der Waals surface area contributed by atoms with Crippen molar-refractivity contribution in [3.05, 3.63) is 83.9 Å². The van der Waals surface area contributed by atoms with Crippen LogP contribution < -0.4 is 11.1 Å². The van der Waals surface area contributed by atoms with Crippen LogP contribution in [-0.2, 0) is 11.3 Å². The Balaban J connectivity index is 1.92. The Morgan fingerprint density at radius 1 is 1.02 bits per heavy atom. The van der Waals surface area contributed by atoms with Gasteiger partial charge in [0.1, 0.15) is 5.82 Å². The minimum atomic E-state index is -1.21. The maximum Gasteiger partial charge on any atom is 0.305 e. The number of hydrogen-bond donors (Lipinski definition) is 5. The summed E-state index contributed by atoms with van der Waals surface area (Å²) in [5.41, 5.74) is 9.55. The lowest BCUT2D eigenvalue weighted by Gasteiger charge is -2.20. The van der Waals surface area contributed by atoms with Gasteiger partial charge in [-0.1, -0.05) is 32.0 Å². The number of nitrogen functional groups attached to an aromatic ring is 1. The Kier molecular flexibility index (Phi) is 9.66. The lowest BCUT2D eigenvalue weighted by atomic mass is 9.97. The third-order valence-corrected chi connectivity index (χ3v) is 6.80. The minimum absolute atomic E-state index is 0.00802. The van der Waals surface area contributed by atoms with Gasteiger partial charge in [0.05, 0.1) is 35.6 Å². The van der Waals surface area contributed by atoms with Gasteiger partial charge in [-0.05, 0) is 66.8 Å². The number of rotatable bonds is 12. The van der Waals surface area contributed by atoms with Crippen LogP contribution in [0.3, 0.4) is 0 Å². The molecule has 6 N–H and O–H groups in total. The fraction of sp³-hybridized carbons (Fsp3) is 0.290. The van der Waals surface area contributed by atoms with Gasteiger partial charge in [0.15, 0.2) is 0 Å². The van der Waals surface area contributed by atoms with Crippen molar-refractivity contribution in [3.63, 3.8) is 0 Å². The van der Waals surface area contributed by atoms with Gasteiger partial charge in [0.2, 0.25) is 5.95 Å². The van der Waals surface area contributed by atoms with E-state index in [9.17, 15) is 24.2 Å². The fourth-order valence-electron chi connectivity index (χ4n) is 5.08. The summed E-state index contributed by atoms with van der Waals surface area (Å²) in [6.45, 7) is 4.07. The zero-order valence-electron chi connectivity index (χ0n) is 23.4. The fourth-order valence-corrected chi connectivity index (χ4v) is 5.08. The van der Waals surface area contributed by atoms with Gasteiger partial charge in [-0.15, -0.1) is 0 Å². The van der Waals surface area contributed by atoms with Crippen molar-refractivity contribution >= 4 is 23.5 Å². The summed E-state index contributed by atoms with van der Waals surface area (Å²) < 4.78 is 15.9. The van der Waals surface area contributed by atoms with E-state index >= 15 is 0 Å². The van der Waals surface area contributed by atoms with Crippen LogP contribution in [0.2, 0.25) is 0 Å². The molecule has 0 aliphatic heterocycles. The van der Waals surface area contributed by atoms with Gasteiger partial charge < -0.3 is 30.9 Å². The van der Waals surface area contributed by atoms with Crippen LogP contribution in [0.4, 0.5) is 16.0 Å². The first-order valence-electron chi connectivity index (χ1n) is 13.6. The number of para-hydroxylation sites is 1. The Bertz CT molecular complexity index is 1540. The van der Waals surface area contributed by atoms with Gasteiger partial charge in [0, 0.05) is 29.7 Å². The van der Waals surface area contributed by atoms with Gasteiger partial charge in [-0.3, -0.25) is 9.59 Å². The van der Waals surface area contributed by atoms with Crippen molar-refractivity contribution in [2.75, 3.05) is 11.1 Å². The predicted octanol–water partition coefficient (Wildman–Crippen LogP) is 4.69. The molecule has 0 aliphatic carbocycles. The molecule has 2 aromatic carbocycles. The molecule has 2 unspecified atom stereocenters. The summed E-state index contributed by atoms with van der Waals surface area (Å²) in [7, 11) is 0. The van der Waals surface area contributed by atoms with E-state index in [1.807, 2.05) is 24.5 Å². The van der Waals surface area contributed by atoms with Crippen LogP contribution in [0.1, 0.15) is 55.1 Å². The molecule has 4 aromatic rings. The SMILES string of the molecule is CC(C)c1c(C(=O)Nc2ccccc2)c(-c2ccnc(N)n2)c(-c2ccc(F)cc2)n1CCC(O)CC(O)CC(=O)O. The second-order valence-electron chi connectivity index (χ2n) is 10.3. The monoisotopic (exact) mass is 575 g/mol. The standard InChI is InChI=1S/C31H34FN5O5/c1-18(2)28-27(30(42)35-21-6-4-3-5-7-21)26(24-12-14-34-31(33)36-24)29(19-8-10-20(32)11-9-19)37(28)15-13-22(38)16-23(39)17-25(40)41/h3-12,14,18,22-23,38-39H,13,15-17H2,1-2H3,(H,35,42)(H,40,41)(H2,33,34,36). The van der Waals surface area contributed by atoms with E-state index in [0.29, 0.717) is 39.5 Å². The number of aromatic nitrogens is 3. The van der Waals surface area contributed by atoms with Crippen LogP contribution in [0, 0.1) is 5.82 Å². The summed E-state index contributed by atoms with van der Waals surface area (Å²) >= 11 is 0.